The van der Waals surface area contributed by atoms with Gasteiger partial charge in [0.1, 0.15) is 0 Å². The largest absolute Gasteiger partial charge is 0.358 e. The number of carbonyl (C=O) groups excluding carboxylic acids is 1. The number of nitrogens with one attached hydrogen (secondary N) is 2. The van der Waals surface area contributed by atoms with Crippen molar-refractivity contribution in [3.63, 3.8) is 0 Å². The fraction of sp³-hybridized carbons (Fsp3) is 0.250. The summed E-state index contributed by atoms with van der Waals surface area (Å²) in [5.41, 5.74) is 4.73. The SMILES string of the molecule is CC(=O)Nc1cccc([As](=O)(O)OO)c1.c1ccc2c3c([nH]c2c1)CCCC3. The number of H-pyrrole nitrogens is 1. The molecule has 1 unspecified atom stereocenters. The van der Waals surface area contributed by atoms with Crippen LogP contribution < -0.4 is 9.67 Å². The molecule has 0 saturated carbocycles. The van der Waals surface area contributed by atoms with Gasteiger partial charge in [0.15, 0.2) is 0 Å². The summed E-state index contributed by atoms with van der Waals surface area (Å²) in [6, 6.07) is 14.3. The smallest absolute Gasteiger partial charge is 0.0458 e. The molecule has 0 saturated heterocycles. The third-order valence-corrected chi connectivity index (χ3v) is 7.03. The number of rotatable bonds is 3. The molecule has 1 amide bonds. The van der Waals surface area contributed by atoms with Crippen LogP contribution in [0.4, 0.5) is 5.69 Å². The molecule has 1 aliphatic rings. The van der Waals surface area contributed by atoms with E-state index >= 15 is 0 Å². The van der Waals surface area contributed by atoms with Crippen molar-refractivity contribution in [1.82, 2.24) is 4.98 Å². The van der Waals surface area contributed by atoms with Gasteiger partial charge in [0, 0.05) is 16.6 Å². The monoisotopic (exact) mass is 446 g/mol. The van der Waals surface area contributed by atoms with Crippen LogP contribution in [0.5, 0.6) is 0 Å². The van der Waals surface area contributed by atoms with Gasteiger partial charge in [-0.25, -0.2) is 0 Å². The van der Waals surface area contributed by atoms with Gasteiger partial charge < -0.3 is 4.98 Å². The second-order valence-electron chi connectivity index (χ2n) is 6.67. The summed E-state index contributed by atoms with van der Waals surface area (Å²) in [5, 5.41) is 12.1. The topological polar surface area (TPSA) is 112 Å². The summed E-state index contributed by atoms with van der Waals surface area (Å²) < 4.78 is 23.9. The predicted octanol–water partition coefficient (Wildman–Crippen LogP) is 2.75. The molecule has 0 bridgehead atoms. The van der Waals surface area contributed by atoms with E-state index in [1.807, 2.05) is 0 Å². The Labute approximate surface area is 165 Å². The number of aryl methyl sites for hydroxylation is 2. The van der Waals surface area contributed by atoms with Crippen molar-refractivity contribution in [2.75, 3.05) is 5.32 Å². The van der Waals surface area contributed by atoms with Gasteiger partial charge in [0.2, 0.25) is 0 Å². The number of fused-ring (bicyclic) bond motifs is 3. The van der Waals surface area contributed by atoms with Crippen molar-refractivity contribution >= 4 is 41.0 Å². The Morgan fingerprint density at radius 1 is 1.14 bits per heavy atom. The van der Waals surface area contributed by atoms with Gasteiger partial charge in [0.25, 0.3) is 0 Å². The molecule has 4 N–H and O–H groups in total. The van der Waals surface area contributed by atoms with Crippen LogP contribution in [0.15, 0.2) is 48.5 Å². The van der Waals surface area contributed by atoms with E-state index in [1.165, 1.54) is 67.4 Å². The van der Waals surface area contributed by atoms with Crippen LogP contribution in [-0.4, -0.2) is 34.4 Å². The average molecular weight is 446 g/mol. The molecule has 0 spiro atoms. The van der Waals surface area contributed by atoms with Gasteiger partial charge in [-0.2, -0.15) is 0 Å². The summed E-state index contributed by atoms with van der Waals surface area (Å²) in [5.74, 6) is -0.294. The van der Waals surface area contributed by atoms with Crippen LogP contribution >= 0.6 is 0 Å². The summed E-state index contributed by atoms with van der Waals surface area (Å²) in [6.45, 7) is 1.32. The maximum absolute atomic E-state index is 11.3. The van der Waals surface area contributed by atoms with Crippen molar-refractivity contribution in [3.05, 3.63) is 59.8 Å². The summed E-state index contributed by atoms with van der Waals surface area (Å²) in [7, 11) is 0. The number of benzene rings is 2. The summed E-state index contributed by atoms with van der Waals surface area (Å²) in [6.07, 6.45) is 5.21. The van der Waals surface area contributed by atoms with Gasteiger partial charge in [-0.15, -0.1) is 0 Å². The van der Waals surface area contributed by atoms with E-state index in [2.05, 4.69) is 38.4 Å². The third-order valence-electron chi connectivity index (χ3n) is 4.61. The molecule has 28 heavy (non-hydrogen) atoms. The number of para-hydroxylation sites is 1. The quantitative estimate of drug-likeness (QED) is 0.281. The van der Waals surface area contributed by atoms with E-state index in [0.29, 0.717) is 5.69 Å². The number of anilines is 1. The van der Waals surface area contributed by atoms with Crippen LogP contribution in [-0.2, 0) is 25.3 Å². The number of hydrogen-bond donors (Lipinski definition) is 4. The first-order chi connectivity index (χ1) is 13.4. The zero-order chi connectivity index (χ0) is 20.1. The molecule has 1 heterocycles. The van der Waals surface area contributed by atoms with E-state index in [-0.39, 0.29) is 10.3 Å². The molecular weight excluding hydrogens is 423 g/mol. The first kappa shape index (κ1) is 20.4. The molecule has 0 aliphatic heterocycles. The molecule has 3 aromatic rings. The minimum Gasteiger partial charge on any atom is -0.358 e. The number of amides is 1. The van der Waals surface area contributed by atoms with Crippen molar-refractivity contribution in [3.8, 4) is 0 Å². The standard InChI is InChI=1S/C12H13N.C8H10AsNO5/c1-3-7-11-9(5-1)10-6-2-4-8-12(10)13-11;1-6(11)10-8-4-2-3-7(5-8)9(12,13)15-14/h1,3,5,7,13H,2,4,6,8H2;2-5,14H,1H3,(H,10,11)(H,12,13). The average Bonchev–Trinajstić information content (AvgIpc) is 3.07. The van der Waals surface area contributed by atoms with E-state index in [0.717, 1.165) is 0 Å². The minimum absolute atomic E-state index is 0.0399. The molecule has 0 fully saturated rings. The Balaban J connectivity index is 0.000000162. The van der Waals surface area contributed by atoms with E-state index in [4.69, 9.17) is 5.26 Å². The molecule has 2 aromatic carbocycles. The van der Waals surface area contributed by atoms with Gasteiger partial charge in [-0.1, -0.05) is 18.2 Å². The molecule has 4 rings (SSSR count). The summed E-state index contributed by atoms with van der Waals surface area (Å²) >= 11 is -4.83. The van der Waals surface area contributed by atoms with Crippen molar-refractivity contribution in [1.29, 1.82) is 0 Å². The molecule has 148 valence electrons. The Morgan fingerprint density at radius 3 is 2.64 bits per heavy atom. The van der Waals surface area contributed by atoms with Crippen molar-refractivity contribution in [2.24, 2.45) is 0 Å². The molecule has 7 nitrogen and oxygen atoms in total. The third kappa shape index (κ3) is 4.75. The zero-order valence-electron chi connectivity index (χ0n) is 15.5. The van der Waals surface area contributed by atoms with Gasteiger partial charge in [-0.05, 0) is 37.3 Å². The van der Waals surface area contributed by atoms with Gasteiger partial charge in [-0.3, -0.25) is 0 Å². The Hall–Kier alpha value is -2.31. The van der Waals surface area contributed by atoms with E-state index in [9.17, 15) is 12.6 Å². The van der Waals surface area contributed by atoms with Crippen molar-refractivity contribution in [2.45, 2.75) is 32.6 Å². The Bertz CT molecular complexity index is 1030. The summed E-state index contributed by atoms with van der Waals surface area (Å²) in [4.78, 5) is 14.2. The van der Waals surface area contributed by atoms with Gasteiger partial charge >= 0.3 is 88.4 Å². The normalized spacial score (nSPS) is 15.1. The number of carbonyl (C=O) groups is 1. The van der Waals surface area contributed by atoms with Crippen LogP contribution in [0.25, 0.3) is 10.9 Å². The molecular formula is C20H23AsN2O5. The maximum Gasteiger partial charge on any atom is 0.0458 e. The fourth-order valence-electron chi connectivity index (χ4n) is 3.37. The molecule has 1 atom stereocenters. The van der Waals surface area contributed by atoms with E-state index in [1.54, 1.807) is 11.6 Å². The fourth-order valence-corrected chi connectivity index (χ4v) is 4.78. The number of hydrogen-bond acceptors (Lipinski definition) is 4. The van der Waals surface area contributed by atoms with Crippen LogP contribution in [0.1, 0.15) is 31.0 Å². The number of aromatic nitrogens is 1. The second kappa shape index (κ2) is 8.80. The Kier molecular flexibility index (Phi) is 6.42. The van der Waals surface area contributed by atoms with Crippen LogP contribution in [0.2, 0.25) is 0 Å². The maximum atomic E-state index is 11.3. The van der Waals surface area contributed by atoms with Crippen molar-refractivity contribution < 1.29 is 21.8 Å². The first-order valence-corrected chi connectivity index (χ1v) is 12.3. The van der Waals surface area contributed by atoms with Crippen LogP contribution in [0.3, 0.4) is 0 Å². The zero-order valence-corrected chi connectivity index (χ0v) is 17.4. The minimum atomic E-state index is -4.83. The second-order valence-corrected chi connectivity index (χ2v) is 10.3. The Morgan fingerprint density at radius 2 is 1.89 bits per heavy atom. The molecule has 1 aromatic heterocycles. The number of aromatic amines is 1. The molecule has 1 aliphatic carbocycles. The molecule has 0 radical (unpaired) electrons. The predicted molar refractivity (Wildman–Crippen MR) is 108 cm³/mol. The first-order valence-electron chi connectivity index (χ1n) is 9.03. The van der Waals surface area contributed by atoms with Crippen LogP contribution in [0, 0.1) is 0 Å². The van der Waals surface area contributed by atoms with E-state index < -0.39 is 14.2 Å². The van der Waals surface area contributed by atoms with Gasteiger partial charge in [0.05, 0.1) is 0 Å². The molecule has 8 heteroatoms.